The summed E-state index contributed by atoms with van der Waals surface area (Å²) in [5.74, 6) is -0.0908. The number of nitrogens with zero attached hydrogens (tertiary/aromatic N) is 1. The molecule has 1 atom stereocenters. The highest BCUT2D eigenvalue weighted by Gasteiger charge is 2.35. The van der Waals surface area contributed by atoms with Crippen molar-refractivity contribution in [2.75, 3.05) is 18.0 Å². The molecule has 3 aromatic rings. The molecule has 186 valence electrons. The lowest BCUT2D eigenvalue weighted by atomic mass is 10.1. The first kappa shape index (κ1) is 26.4. The summed E-state index contributed by atoms with van der Waals surface area (Å²) in [6.45, 7) is 0.941. The zero-order valence-corrected chi connectivity index (χ0v) is 20.3. The van der Waals surface area contributed by atoms with E-state index in [1.807, 2.05) is 0 Å². The van der Waals surface area contributed by atoms with Crippen molar-refractivity contribution in [2.45, 2.75) is 24.0 Å². The highest BCUT2D eigenvalue weighted by atomic mass is 35.5. The first-order valence-electron chi connectivity index (χ1n) is 10.3. The number of benzene rings is 3. The van der Waals surface area contributed by atoms with E-state index in [1.54, 1.807) is 37.3 Å². The third-order valence-electron chi connectivity index (χ3n) is 5.16. The molecular weight excluding hydrogens is 505 g/mol. The molecule has 1 amide bonds. The molecule has 0 spiro atoms. The standard InChI is InChI=1S/C24H22ClF3N2O4S/c1-16(17-8-11-19(34-2)12-9-17)29-23(31)15-30(35(32,33)20-6-4-3-5-7-20)18-10-13-22(25)21(14-18)24(26,27)28/h3-14,16H,15H2,1-2H3,(H,29,31). The normalized spacial score (nSPS) is 12.6. The van der Waals surface area contributed by atoms with Gasteiger partial charge in [0.05, 0.1) is 34.3 Å². The summed E-state index contributed by atoms with van der Waals surface area (Å²) in [4.78, 5) is 12.7. The second-order valence-corrected chi connectivity index (χ2v) is 9.82. The smallest absolute Gasteiger partial charge is 0.417 e. The lowest BCUT2D eigenvalue weighted by Crippen LogP contribution is -2.41. The zero-order valence-electron chi connectivity index (χ0n) is 18.7. The number of hydrogen-bond donors (Lipinski definition) is 1. The second-order valence-electron chi connectivity index (χ2n) is 7.55. The largest absolute Gasteiger partial charge is 0.497 e. The molecule has 0 aliphatic heterocycles. The number of sulfonamides is 1. The molecule has 6 nitrogen and oxygen atoms in total. The quantitative estimate of drug-likeness (QED) is 0.424. The van der Waals surface area contributed by atoms with Gasteiger partial charge in [0, 0.05) is 0 Å². The average molecular weight is 527 g/mol. The molecule has 0 heterocycles. The van der Waals surface area contributed by atoms with Gasteiger partial charge in [-0.3, -0.25) is 9.10 Å². The molecule has 3 aromatic carbocycles. The third-order valence-corrected chi connectivity index (χ3v) is 7.27. The molecule has 1 N–H and O–H groups in total. The van der Waals surface area contributed by atoms with Gasteiger partial charge in [0.1, 0.15) is 12.3 Å². The summed E-state index contributed by atoms with van der Waals surface area (Å²) in [7, 11) is -2.87. The van der Waals surface area contributed by atoms with Crippen LogP contribution in [-0.2, 0) is 21.0 Å². The third kappa shape index (κ3) is 6.26. The summed E-state index contributed by atoms with van der Waals surface area (Å²) in [6, 6.07) is 16.2. The van der Waals surface area contributed by atoms with E-state index in [1.165, 1.54) is 31.4 Å². The maximum Gasteiger partial charge on any atom is 0.417 e. The van der Waals surface area contributed by atoms with E-state index in [4.69, 9.17) is 16.3 Å². The van der Waals surface area contributed by atoms with Gasteiger partial charge in [-0.2, -0.15) is 13.2 Å². The number of halogens is 4. The van der Waals surface area contributed by atoms with Crippen LogP contribution in [0.4, 0.5) is 18.9 Å². The molecule has 1 unspecified atom stereocenters. The van der Waals surface area contributed by atoms with E-state index >= 15 is 0 Å². The Balaban J connectivity index is 1.95. The summed E-state index contributed by atoms with van der Waals surface area (Å²) in [5.41, 5.74) is -0.836. The van der Waals surface area contributed by atoms with Crippen LogP contribution in [0.2, 0.25) is 5.02 Å². The Bertz CT molecular complexity index is 1280. The molecule has 0 saturated carbocycles. The van der Waals surface area contributed by atoms with Crippen molar-refractivity contribution in [1.82, 2.24) is 5.32 Å². The lowest BCUT2D eigenvalue weighted by Gasteiger charge is -2.26. The van der Waals surface area contributed by atoms with E-state index in [-0.39, 0.29) is 10.6 Å². The number of rotatable bonds is 8. The van der Waals surface area contributed by atoms with Gasteiger partial charge >= 0.3 is 6.18 Å². The molecule has 0 radical (unpaired) electrons. The van der Waals surface area contributed by atoms with E-state index in [0.29, 0.717) is 16.1 Å². The number of nitrogens with one attached hydrogen (secondary N) is 1. The minimum Gasteiger partial charge on any atom is -0.497 e. The Morgan fingerprint density at radius 2 is 1.69 bits per heavy atom. The zero-order chi connectivity index (χ0) is 25.8. The fourth-order valence-corrected chi connectivity index (χ4v) is 4.97. The Morgan fingerprint density at radius 1 is 1.06 bits per heavy atom. The van der Waals surface area contributed by atoms with Crippen LogP contribution < -0.4 is 14.4 Å². The monoisotopic (exact) mass is 526 g/mol. The Morgan fingerprint density at radius 3 is 2.26 bits per heavy atom. The summed E-state index contributed by atoms with van der Waals surface area (Å²) in [6.07, 6.45) is -4.82. The van der Waals surface area contributed by atoms with Crippen molar-refractivity contribution in [3.05, 3.63) is 88.9 Å². The number of methoxy groups -OCH3 is 1. The SMILES string of the molecule is COc1ccc(C(C)NC(=O)CN(c2ccc(Cl)c(C(F)(F)F)c2)S(=O)(=O)c2ccccc2)cc1. The van der Waals surface area contributed by atoms with E-state index in [9.17, 15) is 26.4 Å². The number of carbonyl (C=O) groups is 1. The van der Waals surface area contributed by atoms with Gasteiger partial charge < -0.3 is 10.1 Å². The number of amides is 1. The maximum atomic E-state index is 13.4. The van der Waals surface area contributed by atoms with Crippen LogP contribution in [-0.4, -0.2) is 28.0 Å². The molecule has 0 fully saturated rings. The molecule has 3 rings (SSSR count). The Kier molecular flexibility index (Phi) is 7.97. The van der Waals surface area contributed by atoms with Gasteiger partial charge in [0.2, 0.25) is 5.91 Å². The van der Waals surface area contributed by atoms with Crippen LogP contribution >= 0.6 is 11.6 Å². The minimum absolute atomic E-state index is 0.181. The molecule has 11 heteroatoms. The van der Waals surface area contributed by atoms with E-state index in [2.05, 4.69) is 5.32 Å². The van der Waals surface area contributed by atoms with Gasteiger partial charge in [-0.15, -0.1) is 0 Å². The van der Waals surface area contributed by atoms with Crippen LogP contribution in [0.15, 0.2) is 77.7 Å². The minimum atomic E-state index is -4.82. The maximum absolute atomic E-state index is 13.4. The van der Waals surface area contributed by atoms with Crippen LogP contribution in [0.25, 0.3) is 0 Å². The van der Waals surface area contributed by atoms with Crippen LogP contribution in [0.5, 0.6) is 5.75 Å². The van der Waals surface area contributed by atoms with Gasteiger partial charge in [-0.1, -0.05) is 41.9 Å². The van der Waals surface area contributed by atoms with Crippen molar-refractivity contribution >= 4 is 33.2 Å². The first-order valence-corrected chi connectivity index (χ1v) is 12.1. The highest BCUT2D eigenvalue weighted by Crippen LogP contribution is 2.38. The number of anilines is 1. The highest BCUT2D eigenvalue weighted by molar-refractivity contribution is 7.92. The van der Waals surface area contributed by atoms with Crippen molar-refractivity contribution in [2.24, 2.45) is 0 Å². The predicted octanol–water partition coefficient (Wildman–Crippen LogP) is 5.44. The average Bonchev–Trinajstić information content (AvgIpc) is 2.82. The first-order chi connectivity index (χ1) is 16.4. The molecule has 0 bridgehead atoms. The molecule has 0 aromatic heterocycles. The summed E-state index contributed by atoms with van der Waals surface area (Å²) >= 11 is 5.70. The molecule has 0 aliphatic carbocycles. The topological polar surface area (TPSA) is 75.7 Å². The fraction of sp³-hybridized carbons (Fsp3) is 0.208. The number of carbonyl (C=O) groups excluding carboxylic acids is 1. The van der Waals surface area contributed by atoms with Gasteiger partial charge in [-0.05, 0) is 55.0 Å². The van der Waals surface area contributed by atoms with Crippen molar-refractivity contribution < 1.29 is 31.1 Å². The van der Waals surface area contributed by atoms with E-state index in [0.717, 1.165) is 17.7 Å². The van der Waals surface area contributed by atoms with Crippen molar-refractivity contribution in [3.8, 4) is 5.75 Å². The van der Waals surface area contributed by atoms with Gasteiger partial charge in [0.25, 0.3) is 10.0 Å². The fourth-order valence-electron chi connectivity index (χ4n) is 3.31. The summed E-state index contributed by atoms with van der Waals surface area (Å²) < 4.78 is 72.8. The second kappa shape index (κ2) is 10.6. The predicted molar refractivity (Wildman–Crippen MR) is 127 cm³/mol. The van der Waals surface area contributed by atoms with Crippen molar-refractivity contribution in [3.63, 3.8) is 0 Å². The van der Waals surface area contributed by atoms with Crippen LogP contribution in [0.3, 0.4) is 0 Å². The molecule has 35 heavy (non-hydrogen) atoms. The summed E-state index contributed by atoms with van der Waals surface area (Å²) in [5, 5.41) is 2.09. The van der Waals surface area contributed by atoms with E-state index < -0.39 is 45.3 Å². The van der Waals surface area contributed by atoms with Crippen LogP contribution in [0.1, 0.15) is 24.1 Å². The number of alkyl halides is 3. The van der Waals surface area contributed by atoms with Crippen LogP contribution in [0, 0.1) is 0 Å². The number of ether oxygens (including phenoxy) is 1. The van der Waals surface area contributed by atoms with Gasteiger partial charge in [0.15, 0.2) is 0 Å². The van der Waals surface area contributed by atoms with Gasteiger partial charge in [-0.25, -0.2) is 8.42 Å². The molecular formula is C24H22ClF3N2O4S. The number of hydrogen-bond acceptors (Lipinski definition) is 4. The molecule has 0 aliphatic rings. The Hall–Kier alpha value is -3.24. The Labute approximate surface area is 206 Å². The molecule has 0 saturated heterocycles. The van der Waals surface area contributed by atoms with Crippen molar-refractivity contribution in [1.29, 1.82) is 0 Å². The lowest BCUT2D eigenvalue weighted by molar-refractivity contribution is -0.137.